The van der Waals surface area contributed by atoms with Gasteiger partial charge in [-0.05, 0) is 57.3 Å². The molecule has 2 fully saturated rings. The van der Waals surface area contributed by atoms with E-state index in [2.05, 4.69) is 91.4 Å². The summed E-state index contributed by atoms with van der Waals surface area (Å²) in [5.74, 6) is 1.01. The molecule has 2 aliphatic heterocycles. The first-order valence-corrected chi connectivity index (χ1v) is 12.9. The lowest BCUT2D eigenvalue weighted by atomic mass is 10.3. The normalized spacial score (nSPS) is 16.2. The largest absolute Gasteiger partial charge is 0.379 e. The van der Waals surface area contributed by atoms with Crippen LogP contribution in [0.2, 0.25) is 5.15 Å². The van der Waals surface area contributed by atoms with Crippen molar-refractivity contribution in [3.8, 4) is 0 Å². The van der Waals surface area contributed by atoms with Crippen LogP contribution in [-0.4, -0.2) is 82.5 Å². The molecule has 0 amide bonds. The minimum Gasteiger partial charge on any atom is -0.379 e. The molecule has 2 saturated heterocycles. The van der Waals surface area contributed by atoms with Crippen LogP contribution in [0, 0.1) is 7.40 Å². The van der Waals surface area contributed by atoms with Crippen LogP contribution in [0.4, 0.5) is 5.82 Å². The zero-order valence-electron chi connectivity index (χ0n) is 17.7. The van der Waals surface area contributed by atoms with Crippen molar-refractivity contribution in [3.63, 3.8) is 0 Å². The summed E-state index contributed by atoms with van der Waals surface area (Å²) in [5, 5.41) is 5.62. The Hall–Kier alpha value is -1.33. The van der Waals surface area contributed by atoms with Gasteiger partial charge in [0.1, 0.15) is 34.9 Å². The summed E-state index contributed by atoms with van der Waals surface area (Å²) in [4.78, 5) is 25.0. The van der Waals surface area contributed by atoms with Crippen LogP contribution in [0.5, 0.6) is 0 Å². The van der Waals surface area contributed by atoms with Crippen LogP contribution < -0.4 is 10.2 Å². The van der Waals surface area contributed by atoms with Gasteiger partial charge in [-0.2, -0.15) is 0 Å². The van der Waals surface area contributed by atoms with Gasteiger partial charge in [0, 0.05) is 26.2 Å². The molecule has 0 aliphatic carbocycles. The van der Waals surface area contributed by atoms with Gasteiger partial charge in [-0.25, -0.2) is 19.9 Å². The molecule has 4 aromatic heterocycles. The Labute approximate surface area is 222 Å². The number of nitrogens with one attached hydrogen (secondary N) is 3. The predicted octanol–water partition coefficient (Wildman–Crippen LogP) is 3.22. The van der Waals surface area contributed by atoms with Crippen molar-refractivity contribution in [3.05, 3.63) is 37.3 Å². The Kier molecular flexibility index (Phi) is 9.31. The molecule has 0 unspecified atom stereocenters. The van der Waals surface area contributed by atoms with E-state index in [1.165, 1.54) is 6.33 Å². The van der Waals surface area contributed by atoms with E-state index in [0.717, 1.165) is 87.9 Å². The van der Waals surface area contributed by atoms with Crippen molar-refractivity contribution in [2.75, 3.05) is 57.5 Å². The standard InChI is InChI=1S/C10H11IN4O.C6H3ClIN3.C4H9NO/c11-8-5-7-9(14-8)12-6-13-10(7)15-1-3-16-4-2-15;7-5-3-1-4(8)11-6(3)10-2-9-5;1-3-6-4-2-5-1/h5-6H,1-4H2,(H,12,13,14);1-2H,(H,9,10,11);5H,1-4H2. The average molecular weight is 697 g/mol. The number of nitrogens with zero attached hydrogens (tertiary/aromatic N) is 5. The van der Waals surface area contributed by atoms with Crippen LogP contribution in [0.25, 0.3) is 22.1 Å². The van der Waals surface area contributed by atoms with Gasteiger partial charge in [0.25, 0.3) is 0 Å². The summed E-state index contributed by atoms with van der Waals surface area (Å²) >= 11 is 10.2. The Morgan fingerprint density at radius 1 is 0.788 bits per heavy atom. The Balaban J connectivity index is 0.000000132. The van der Waals surface area contributed by atoms with Gasteiger partial charge in [0.05, 0.1) is 44.6 Å². The predicted molar refractivity (Wildman–Crippen MR) is 145 cm³/mol. The van der Waals surface area contributed by atoms with Gasteiger partial charge < -0.3 is 29.7 Å². The maximum Gasteiger partial charge on any atom is 0.143 e. The van der Waals surface area contributed by atoms with E-state index in [1.807, 2.05) is 6.07 Å². The molecule has 3 N–H and O–H groups in total. The van der Waals surface area contributed by atoms with Crippen LogP contribution in [0.15, 0.2) is 24.8 Å². The quantitative estimate of drug-likeness (QED) is 0.205. The molecule has 0 aromatic carbocycles. The summed E-state index contributed by atoms with van der Waals surface area (Å²) < 4.78 is 12.5. The number of hydrogen-bond acceptors (Lipinski definition) is 8. The van der Waals surface area contributed by atoms with E-state index in [9.17, 15) is 0 Å². The van der Waals surface area contributed by atoms with Crippen molar-refractivity contribution in [1.29, 1.82) is 0 Å². The molecule has 33 heavy (non-hydrogen) atoms. The average Bonchev–Trinajstić information content (AvgIpc) is 3.43. The first-order chi connectivity index (χ1) is 16.1. The molecule has 10 nitrogen and oxygen atoms in total. The molecule has 6 rings (SSSR count). The molecule has 176 valence electrons. The van der Waals surface area contributed by atoms with E-state index in [4.69, 9.17) is 21.1 Å². The smallest absolute Gasteiger partial charge is 0.143 e. The molecule has 0 saturated carbocycles. The number of H-pyrrole nitrogens is 2. The Morgan fingerprint density at radius 2 is 1.36 bits per heavy atom. The first-order valence-electron chi connectivity index (χ1n) is 10.4. The number of ether oxygens (including phenoxy) is 2. The van der Waals surface area contributed by atoms with Gasteiger partial charge >= 0.3 is 0 Å². The highest BCUT2D eigenvalue weighted by molar-refractivity contribution is 14.1. The lowest BCUT2D eigenvalue weighted by Gasteiger charge is -2.27. The van der Waals surface area contributed by atoms with Crippen molar-refractivity contribution >= 4 is 84.7 Å². The number of morpholine rings is 2. The number of rotatable bonds is 1. The van der Waals surface area contributed by atoms with E-state index in [-0.39, 0.29) is 0 Å². The number of aromatic nitrogens is 6. The second-order valence-electron chi connectivity index (χ2n) is 7.08. The molecule has 6 heterocycles. The fourth-order valence-electron chi connectivity index (χ4n) is 3.32. The summed E-state index contributed by atoms with van der Waals surface area (Å²) in [6.07, 6.45) is 3.05. The minimum absolute atomic E-state index is 0.495. The molecular weight excluding hydrogens is 674 g/mol. The SMILES string of the molecule is C1COCCN1.Clc1ncnc2[nH]c(I)cc12.Ic1cc2c(N3CCOCC3)ncnc2[nH]1. The summed E-state index contributed by atoms with van der Waals surface area (Å²) in [6.45, 7) is 7.17. The van der Waals surface area contributed by atoms with Gasteiger partial charge in [-0.3, -0.25) is 0 Å². The first kappa shape index (κ1) is 24.8. The van der Waals surface area contributed by atoms with Gasteiger partial charge in [0.15, 0.2) is 0 Å². The van der Waals surface area contributed by atoms with Crippen LogP contribution in [-0.2, 0) is 9.47 Å². The van der Waals surface area contributed by atoms with Gasteiger partial charge in [-0.1, -0.05) is 11.6 Å². The zero-order valence-corrected chi connectivity index (χ0v) is 22.7. The fraction of sp³-hybridized carbons (Fsp3) is 0.400. The number of aromatic amines is 2. The Bertz CT molecular complexity index is 1170. The Morgan fingerprint density at radius 3 is 1.94 bits per heavy atom. The lowest BCUT2D eigenvalue weighted by Crippen LogP contribution is -2.36. The van der Waals surface area contributed by atoms with Crippen LogP contribution >= 0.6 is 56.8 Å². The maximum atomic E-state index is 5.80. The van der Waals surface area contributed by atoms with E-state index >= 15 is 0 Å². The third kappa shape index (κ3) is 6.85. The lowest BCUT2D eigenvalue weighted by molar-refractivity contribution is 0.109. The fourth-order valence-corrected chi connectivity index (χ4v) is 4.64. The number of anilines is 1. The van der Waals surface area contributed by atoms with Gasteiger partial charge in [-0.15, -0.1) is 0 Å². The molecule has 0 spiro atoms. The summed E-state index contributed by atoms with van der Waals surface area (Å²) in [5.41, 5.74) is 1.69. The molecule has 0 atom stereocenters. The second-order valence-corrected chi connectivity index (χ2v) is 9.77. The molecule has 0 radical (unpaired) electrons. The minimum atomic E-state index is 0.495. The van der Waals surface area contributed by atoms with E-state index < -0.39 is 0 Å². The number of halogens is 3. The van der Waals surface area contributed by atoms with Crippen LogP contribution in [0.3, 0.4) is 0 Å². The monoisotopic (exact) mass is 696 g/mol. The zero-order chi connectivity index (χ0) is 23.0. The maximum absolute atomic E-state index is 5.80. The second kappa shape index (κ2) is 12.4. The summed E-state index contributed by atoms with van der Waals surface area (Å²) in [6, 6.07) is 4.00. The van der Waals surface area contributed by atoms with Crippen molar-refractivity contribution in [1.82, 2.24) is 35.2 Å². The number of hydrogen-bond donors (Lipinski definition) is 3. The van der Waals surface area contributed by atoms with Crippen molar-refractivity contribution < 1.29 is 9.47 Å². The third-order valence-electron chi connectivity index (χ3n) is 4.87. The topological polar surface area (TPSA) is 117 Å². The van der Waals surface area contributed by atoms with Gasteiger partial charge in [0.2, 0.25) is 0 Å². The molecule has 4 aromatic rings. The van der Waals surface area contributed by atoms with Crippen molar-refractivity contribution in [2.24, 2.45) is 0 Å². The summed E-state index contributed by atoms with van der Waals surface area (Å²) in [7, 11) is 0. The van der Waals surface area contributed by atoms with E-state index in [1.54, 1.807) is 6.33 Å². The van der Waals surface area contributed by atoms with Crippen molar-refractivity contribution in [2.45, 2.75) is 0 Å². The number of fused-ring (bicyclic) bond motifs is 2. The molecule has 13 heteroatoms. The van der Waals surface area contributed by atoms with E-state index in [0.29, 0.717) is 5.15 Å². The molecular formula is C20H23ClI2N8O2. The third-order valence-corrected chi connectivity index (χ3v) is 6.34. The highest BCUT2D eigenvalue weighted by atomic mass is 127. The van der Waals surface area contributed by atoms with Crippen LogP contribution in [0.1, 0.15) is 0 Å². The molecule has 0 bridgehead atoms. The highest BCUT2D eigenvalue weighted by Crippen LogP contribution is 2.25. The molecule has 2 aliphatic rings. The highest BCUT2D eigenvalue weighted by Gasteiger charge is 2.16.